The molecule has 2 N–H and O–H groups in total. The van der Waals surface area contributed by atoms with Crippen LogP contribution in [0.4, 0.5) is 5.69 Å². The molecule has 0 aliphatic carbocycles. The van der Waals surface area contributed by atoms with E-state index in [1.165, 1.54) is 0 Å². The predicted molar refractivity (Wildman–Crippen MR) is 69.0 cm³/mol. The van der Waals surface area contributed by atoms with E-state index >= 15 is 0 Å². The smallest absolute Gasteiger partial charge is 0.336 e. The van der Waals surface area contributed by atoms with E-state index in [1.54, 1.807) is 33.3 Å². The summed E-state index contributed by atoms with van der Waals surface area (Å²) in [6, 6.07) is 5.03. The maximum absolute atomic E-state index is 11.0. The third-order valence-corrected chi connectivity index (χ3v) is 2.82. The average Bonchev–Trinajstić information content (AvgIpc) is 2.33. The van der Waals surface area contributed by atoms with Gasteiger partial charge in [0.25, 0.3) is 0 Å². The Morgan fingerprint density at radius 3 is 2.44 bits per heavy atom. The minimum absolute atomic E-state index is 0.0947. The van der Waals surface area contributed by atoms with Crippen LogP contribution in [0.5, 0.6) is 0 Å². The van der Waals surface area contributed by atoms with Crippen LogP contribution < -0.4 is 5.32 Å². The van der Waals surface area contributed by atoms with Gasteiger partial charge in [-0.05, 0) is 31.5 Å². The Labute approximate surface area is 107 Å². The lowest BCUT2D eigenvalue weighted by Gasteiger charge is -2.24. The number of nitrogens with one attached hydrogen (secondary N) is 1. The minimum atomic E-state index is -0.932. The minimum Gasteiger partial charge on any atom is -0.478 e. The number of hydrogen-bond acceptors (Lipinski definition) is 4. The highest BCUT2D eigenvalue weighted by Crippen LogP contribution is 2.20. The Kier molecular flexibility index (Phi) is 5.12. The SMILES string of the molecule is COC(OC)C(C)Nc1cccc(C(=O)O)c1C. The van der Waals surface area contributed by atoms with E-state index in [0.29, 0.717) is 11.1 Å². The largest absolute Gasteiger partial charge is 0.478 e. The molecule has 0 amide bonds. The molecular weight excluding hydrogens is 234 g/mol. The van der Waals surface area contributed by atoms with Crippen molar-refractivity contribution in [2.75, 3.05) is 19.5 Å². The fourth-order valence-electron chi connectivity index (χ4n) is 1.84. The maximum Gasteiger partial charge on any atom is 0.336 e. The summed E-state index contributed by atoms with van der Waals surface area (Å²) in [6.07, 6.45) is -0.391. The monoisotopic (exact) mass is 253 g/mol. The van der Waals surface area contributed by atoms with E-state index in [-0.39, 0.29) is 6.04 Å². The first-order valence-corrected chi connectivity index (χ1v) is 5.66. The molecule has 1 aromatic carbocycles. The highest BCUT2D eigenvalue weighted by atomic mass is 16.7. The number of benzene rings is 1. The van der Waals surface area contributed by atoms with Crippen molar-refractivity contribution in [2.45, 2.75) is 26.2 Å². The number of ether oxygens (including phenoxy) is 2. The van der Waals surface area contributed by atoms with Gasteiger partial charge in [0.05, 0.1) is 11.6 Å². The van der Waals surface area contributed by atoms with E-state index in [4.69, 9.17) is 14.6 Å². The van der Waals surface area contributed by atoms with Crippen molar-refractivity contribution in [3.05, 3.63) is 29.3 Å². The molecule has 0 aliphatic heterocycles. The van der Waals surface area contributed by atoms with E-state index in [2.05, 4.69) is 5.32 Å². The number of aromatic carboxylic acids is 1. The molecule has 1 rings (SSSR count). The Morgan fingerprint density at radius 2 is 1.94 bits per heavy atom. The molecule has 18 heavy (non-hydrogen) atoms. The molecule has 1 unspecified atom stereocenters. The fraction of sp³-hybridized carbons (Fsp3) is 0.462. The number of carbonyl (C=O) groups is 1. The van der Waals surface area contributed by atoms with Crippen LogP contribution in [-0.2, 0) is 9.47 Å². The predicted octanol–water partition coefficient (Wildman–Crippen LogP) is 2.11. The topological polar surface area (TPSA) is 67.8 Å². The van der Waals surface area contributed by atoms with Gasteiger partial charge in [-0.15, -0.1) is 0 Å². The molecule has 0 bridgehead atoms. The van der Waals surface area contributed by atoms with Gasteiger partial charge >= 0.3 is 5.97 Å². The normalized spacial score (nSPS) is 12.5. The van der Waals surface area contributed by atoms with Crippen molar-refractivity contribution in [2.24, 2.45) is 0 Å². The molecule has 0 aliphatic rings. The molecule has 0 fully saturated rings. The summed E-state index contributed by atoms with van der Waals surface area (Å²) in [7, 11) is 3.12. The van der Waals surface area contributed by atoms with Gasteiger partial charge < -0.3 is 19.9 Å². The Balaban J connectivity index is 2.91. The molecule has 1 atom stereocenters. The van der Waals surface area contributed by atoms with Gasteiger partial charge in [0.2, 0.25) is 0 Å². The number of rotatable bonds is 6. The maximum atomic E-state index is 11.0. The number of carboxylic acid groups (broad SMARTS) is 1. The zero-order valence-electron chi connectivity index (χ0n) is 11.1. The number of methoxy groups -OCH3 is 2. The van der Waals surface area contributed by atoms with Crippen LogP contribution in [0.3, 0.4) is 0 Å². The molecule has 0 radical (unpaired) electrons. The summed E-state index contributed by atoms with van der Waals surface area (Å²) < 4.78 is 10.3. The lowest BCUT2D eigenvalue weighted by Crippen LogP contribution is -2.34. The Morgan fingerprint density at radius 1 is 1.33 bits per heavy atom. The van der Waals surface area contributed by atoms with Crippen molar-refractivity contribution in [3.63, 3.8) is 0 Å². The van der Waals surface area contributed by atoms with Crippen molar-refractivity contribution in [1.82, 2.24) is 0 Å². The van der Waals surface area contributed by atoms with Gasteiger partial charge in [-0.1, -0.05) is 6.07 Å². The van der Waals surface area contributed by atoms with Crippen LogP contribution in [0.15, 0.2) is 18.2 Å². The average molecular weight is 253 g/mol. The molecule has 0 spiro atoms. The molecule has 0 aromatic heterocycles. The van der Waals surface area contributed by atoms with Crippen LogP contribution in [0.1, 0.15) is 22.8 Å². The van der Waals surface area contributed by atoms with Gasteiger partial charge in [-0.2, -0.15) is 0 Å². The summed E-state index contributed by atoms with van der Waals surface area (Å²) in [5, 5.41) is 12.2. The van der Waals surface area contributed by atoms with E-state index in [1.807, 2.05) is 13.0 Å². The second-order valence-corrected chi connectivity index (χ2v) is 4.06. The first-order chi connectivity index (χ1) is 8.51. The van der Waals surface area contributed by atoms with E-state index in [9.17, 15) is 4.79 Å². The molecule has 0 saturated heterocycles. The lowest BCUT2D eigenvalue weighted by atomic mass is 10.1. The van der Waals surface area contributed by atoms with Crippen molar-refractivity contribution < 1.29 is 19.4 Å². The molecule has 5 nitrogen and oxygen atoms in total. The summed E-state index contributed by atoms with van der Waals surface area (Å²) in [5.41, 5.74) is 1.75. The fourth-order valence-corrected chi connectivity index (χ4v) is 1.84. The molecular formula is C13H19NO4. The van der Waals surface area contributed by atoms with Crippen molar-refractivity contribution >= 4 is 11.7 Å². The highest BCUT2D eigenvalue weighted by molar-refractivity contribution is 5.91. The van der Waals surface area contributed by atoms with E-state index < -0.39 is 12.3 Å². The summed E-state index contributed by atoms with van der Waals surface area (Å²) in [6.45, 7) is 3.68. The Bertz CT molecular complexity index is 415. The molecule has 100 valence electrons. The van der Waals surface area contributed by atoms with Gasteiger partial charge in [-0.25, -0.2) is 4.79 Å². The van der Waals surface area contributed by atoms with Gasteiger partial charge in [-0.3, -0.25) is 0 Å². The zero-order valence-corrected chi connectivity index (χ0v) is 11.1. The molecule has 0 heterocycles. The van der Waals surface area contributed by atoms with Gasteiger partial charge in [0.1, 0.15) is 0 Å². The lowest BCUT2D eigenvalue weighted by molar-refractivity contribution is -0.109. The molecule has 0 saturated carbocycles. The summed E-state index contributed by atoms with van der Waals surface area (Å²) in [5.74, 6) is -0.932. The summed E-state index contributed by atoms with van der Waals surface area (Å²) in [4.78, 5) is 11.0. The van der Waals surface area contributed by atoms with Crippen LogP contribution >= 0.6 is 0 Å². The van der Waals surface area contributed by atoms with Crippen molar-refractivity contribution in [1.29, 1.82) is 0 Å². The quantitative estimate of drug-likeness (QED) is 0.760. The van der Waals surface area contributed by atoms with Gasteiger partial charge in [0, 0.05) is 19.9 Å². The molecule has 1 aromatic rings. The zero-order chi connectivity index (χ0) is 13.7. The molecule has 5 heteroatoms. The summed E-state index contributed by atoms with van der Waals surface area (Å²) >= 11 is 0. The standard InChI is InChI=1S/C13H19NO4/c1-8-10(12(15)16)6-5-7-11(8)14-9(2)13(17-3)18-4/h5-7,9,13-14H,1-4H3,(H,15,16). The van der Waals surface area contributed by atoms with Crippen molar-refractivity contribution in [3.8, 4) is 0 Å². The van der Waals surface area contributed by atoms with Gasteiger partial charge in [0.15, 0.2) is 6.29 Å². The number of carboxylic acids is 1. The highest BCUT2D eigenvalue weighted by Gasteiger charge is 2.17. The first-order valence-electron chi connectivity index (χ1n) is 5.66. The second kappa shape index (κ2) is 6.37. The number of anilines is 1. The first kappa shape index (κ1) is 14.5. The third-order valence-electron chi connectivity index (χ3n) is 2.82. The van der Waals surface area contributed by atoms with Crippen LogP contribution in [0.25, 0.3) is 0 Å². The van der Waals surface area contributed by atoms with Crippen LogP contribution in [-0.4, -0.2) is 37.6 Å². The van der Waals surface area contributed by atoms with Crippen LogP contribution in [0.2, 0.25) is 0 Å². The number of hydrogen-bond donors (Lipinski definition) is 2. The van der Waals surface area contributed by atoms with E-state index in [0.717, 1.165) is 5.69 Å². The second-order valence-electron chi connectivity index (χ2n) is 4.06. The Hall–Kier alpha value is -1.59. The van der Waals surface area contributed by atoms with Crippen LogP contribution in [0, 0.1) is 6.92 Å². The third kappa shape index (κ3) is 3.21.